The van der Waals surface area contributed by atoms with E-state index in [0.29, 0.717) is 17.9 Å². The van der Waals surface area contributed by atoms with Crippen LogP contribution in [0.2, 0.25) is 0 Å². The van der Waals surface area contributed by atoms with Gasteiger partial charge in [-0.05, 0) is 24.6 Å². The van der Waals surface area contributed by atoms with Crippen molar-refractivity contribution in [3.05, 3.63) is 29.8 Å². The first-order valence-electron chi connectivity index (χ1n) is 5.68. The van der Waals surface area contributed by atoms with Gasteiger partial charge in [0.05, 0.1) is 12.2 Å². The Morgan fingerprint density at radius 1 is 1.35 bits per heavy atom. The molecule has 0 aromatic heterocycles. The molecular formula is C13H17NO3. The molecule has 1 amide bonds. The number of hydrogen-bond donors (Lipinski definition) is 1. The predicted octanol–water partition coefficient (Wildman–Crippen LogP) is 2.60. The average Bonchev–Trinajstić information content (AvgIpc) is 2.28. The third-order valence-corrected chi connectivity index (χ3v) is 2.15. The summed E-state index contributed by atoms with van der Waals surface area (Å²) in [6.45, 7) is 3.89. The molecule has 0 aliphatic carbocycles. The molecule has 0 saturated heterocycles. The van der Waals surface area contributed by atoms with Gasteiger partial charge in [-0.1, -0.05) is 19.4 Å². The minimum Gasteiger partial charge on any atom is -0.462 e. The largest absolute Gasteiger partial charge is 0.462 e. The summed E-state index contributed by atoms with van der Waals surface area (Å²) < 4.78 is 5.08. The van der Waals surface area contributed by atoms with Crippen molar-refractivity contribution in [2.24, 2.45) is 0 Å². The lowest BCUT2D eigenvalue weighted by Gasteiger charge is -2.06. The Morgan fingerprint density at radius 3 is 2.76 bits per heavy atom. The van der Waals surface area contributed by atoms with Gasteiger partial charge in [0, 0.05) is 12.6 Å². The monoisotopic (exact) mass is 235 g/mol. The summed E-state index contributed by atoms with van der Waals surface area (Å²) in [6.07, 6.45) is 1.84. The number of ether oxygens (including phenoxy) is 1. The van der Waals surface area contributed by atoms with E-state index in [1.165, 1.54) is 6.92 Å². The van der Waals surface area contributed by atoms with Gasteiger partial charge in [-0.2, -0.15) is 0 Å². The fraction of sp³-hybridized carbons (Fsp3) is 0.385. The van der Waals surface area contributed by atoms with Crippen LogP contribution in [0.4, 0.5) is 5.69 Å². The van der Waals surface area contributed by atoms with E-state index in [2.05, 4.69) is 5.32 Å². The van der Waals surface area contributed by atoms with Gasteiger partial charge in [0.15, 0.2) is 0 Å². The molecule has 1 aromatic rings. The van der Waals surface area contributed by atoms with Gasteiger partial charge in [-0.3, -0.25) is 4.79 Å². The van der Waals surface area contributed by atoms with Crippen LogP contribution in [0, 0.1) is 0 Å². The molecule has 0 saturated carbocycles. The van der Waals surface area contributed by atoms with Crippen LogP contribution < -0.4 is 5.32 Å². The predicted molar refractivity (Wildman–Crippen MR) is 65.9 cm³/mol. The zero-order chi connectivity index (χ0) is 12.7. The molecule has 0 aliphatic heterocycles. The quantitative estimate of drug-likeness (QED) is 0.630. The maximum Gasteiger partial charge on any atom is 0.338 e. The van der Waals surface area contributed by atoms with E-state index in [1.807, 2.05) is 6.92 Å². The molecule has 0 bridgehead atoms. The van der Waals surface area contributed by atoms with Crippen molar-refractivity contribution < 1.29 is 14.3 Å². The van der Waals surface area contributed by atoms with Crippen LogP contribution in [0.15, 0.2) is 24.3 Å². The van der Waals surface area contributed by atoms with Crippen LogP contribution in [0.25, 0.3) is 0 Å². The van der Waals surface area contributed by atoms with Crippen molar-refractivity contribution in [1.82, 2.24) is 0 Å². The molecule has 4 nitrogen and oxygen atoms in total. The summed E-state index contributed by atoms with van der Waals surface area (Å²) in [6, 6.07) is 6.71. The molecule has 1 rings (SSSR count). The van der Waals surface area contributed by atoms with Gasteiger partial charge in [-0.25, -0.2) is 4.79 Å². The molecular weight excluding hydrogens is 218 g/mol. The fourth-order valence-electron chi connectivity index (χ4n) is 1.32. The van der Waals surface area contributed by atoms with Crippen LogP contribution in [-0.4, -0.2) is 18.5 Å². The maximum absolute atomic E-state index is 11.6. The molecule has 4 heteroatoms. The third kappa shape index (κ3) is 4.68. The number of anilines is 1. The topological polar surface area (TPSA) is 55.4 Å². The highest BCUT2D eigenvalue weighted by molar-refractivity contribution is 5.93. The van der Waals surface area contributed by atoms with Crippen LogP contribution in [0.3, 0.4) is 0 Å². The molecule has 1 aromatic carbocycles. The summed E-state index contributed by atoms with van der Waals surface area (Å²) in [4.78, 5) is 22.5. The summed E-state index contributed by atoms with van der Waals surface area (Å²) in [5.74, 6) is -0.521. The van der Waals surface area contributed by atoms with Crippen LogP contribution in [0.5, 0.6) is 0 Å². The average molecular weight is 235 g/mol. The second-order valence-corrected chi connectivity index (χ2v) is 3.75. The Labute approximate surface area is 101 Å². The SMILES string of the molecule is CCCCOC(=O)c1cccc(NC(C)=O)c1. The van der Waals surface area contributed by atoms with Crippen molar-refractivity contribution in [2.75, 3.05) is 11.9 Å². The highest BCUT2D eigenvalue weighted by atomic mass is 16.5. The standard InChI is InChI=1S/C13H17NO3/c1-3-4-8-17-13(16)11-6-5-7-12(9-11)14-10(2)15/h5-7,9H,3-4,8H2,1-2H3,(H,14,15). The zero-order valence-corrected chi connectivity index (χ0v) is 10.2. The van der Waals surface area contributed by atoms with Crippen molar-refractivity contribution in [1.29, 1.82) is 0 Å². The number of nitrogens with one attached hydrogen (secondary N) is 1. The minimum absolute atomic E-state index is 0.165. The molecule has 1 N–H and O–H groups in total. The van der Waals surface area contributed by atoms with E-state index < -0.39 is 0 Å². The zero-order valence-electron chi connectivity index (χ0n) is 10.2. The number of rotatable bonds is 5. The van der Waals surface area contributed by atoms with Gasteiger partial charge in [-0.15, -0.1) is 0 Å². The molecule has 0 atom stereocenters. The molecule has 0 spiro atoms. The first-order chi connectivity index (χ1) is 8.13. The second-order valence-electron chi connectivity index (χ2n) is 3.75. The van der Waals surface area contributed by atoms with Gasteiger partial charge in [0.1, 0.15) is 0 Å². The smallest absolute Gasteiger partial charge is 0.338 e. The normalized spacial score (nSPS) is 9.76. The van der Waals surface area contributed by atoms with Crippen LogP contribution in [0.1, 0.15) is 37.0 Å². The Balaban J connectivity index is 2.63. The Kier molecular flexibility index (Phi) is 5.20. The Bertz CT molecular complexity index is 401. The van der Waals surface area contributed by atoms with E-state index in [4.69, 9.17) is 4.74 Å². The van der Waals surface area contributed by atoms with E-state index >= 15 is 0 Å². The van der Waals surface area contributed by atoms with Crippen molar-refractivity contribution in [3.63, 3.8) is 0 Å². The van der Waals surface area contributed by atoms with Crippen molar-refractivity contribution in [3.8, 4) is 0 Å². The third-order valence-electron chi connectivity index (χ3n) is 2.15. The minimum atomic E-state index is -0.356. The van der Waals surface area contributed by atoms with E-state index in [9.17, 15) is 9.59 Å². The second kappa shape index (κ2) is 6.68. The van der Waals surface area contributed by atoms with Crippen molar-refractivity contribution in [2.45, 2.75) is 26.7 Å². The summed E-state index contributed by atoms with van der Waals surface area (Å²) in [7, 11) is 0. The van der Waals surface area contributed by atoms with Gasteiger partial charge in [0.25, 0.3) is 0 Å². The van der Waals surface area contributed by atoms with Gasteiger partial charge in [0.2, 0.25) is 5.91 Å². The van der Waals surface area contributed by atoms with Crippen LogP contribution >= 0.6 is 0 Å². The lowest BCUT2D eigenvalue weighted by atomic mass is 10.2. The first-order valence-corrected chi connectivity index (χ1v) is 5.68. The molecule has 0 fully saturated rings. The number of benzene rings is 1. The summed E-state index contributed by atoms with van der Waals surface area (Å²) in [5, 5.41) is 2.62. The molecule has 92 valence electrons. The molecule has 0 aliphatic rings. The molecule has 0 heterocycles. The lowest BCUT2D eigenvalue weighted by molar-refractivity contribution is -0.114. The highest BCUT2D eigenvalue weighted by Gasteiger charge is 2.07. The first kappa shape index (κ1) is 13.2. The summed E-state index contributed by atoms with van der Waals surface area (Å²) >= 11 is 0. The molecule has 0 radical (unpaired) electrons. The number of amides is 1. The summed E-state index contributed by atoms with van der Waals surface area (Å²) in [5.41, 5.74) is 1.05. The molecule has 0 unspecified atom stereocenters. The Morgan fingerprint density at radius 2 is 2.12 bits per heavy atom. The van der Waals surface area contributed by atoms with E-state index in [-0.39, 0.29) is 11.9 Å². The number of hydrogen-bond acceptors (Lipinski definition) is 3. The van der Waals surface area contributed by atoms with E-state index in [0.717, 1.165) is 12.8 Å². The highest BCUT2D eigenvalue weighted by Crippen LogP contribution is 2.11. The van der Waals surface area contributed by atoms with Crippen LogP contribution in [-0.2, 0) is 9.53 Å². The van der Waals surface area contributed by atoms with E-state index in [1.54, 1.807) is 24.3 Å². The number of carbonyl (C=O) groups excluding carboxylic acids is 2. The Hall–Kier alpha value is -1.84. The molecule has 17 heavy (non-hydrogen) atoms. The number of carbonyl (C=O) groups is 2. The van der Waals surface area contributed by atoms with Gasteiger partial charge < -0.3 is 10.1 Å². The lowest BCUT2D eigenvalue weighted by Crippen LogP contribution is -2.09. The number of unbranched alkanes of at least 4 members (excludes halogenated alkanes) is 1. The maximum atomic E-state index is 11.6. The van der Waals surface area contributed by atoms with Crippen molar-refractivity contribution >= 4 is 17.6 Å². The number of esters is 1. The van der Waals surface area contributed by atoms with Gasteiger partial charge >= 0.3 is 5.97 Å². The fourth-order valence-corrected chi connectivity index (χ4v) is 1.32.